The molecule has 3 rings (SSSR count). The van der Waals surface area contributed by atoms with E-state index in [-0.39, 0.29) is 24.1 Å². The Balaban J connectivity index is 1.59. The second-order valence-corrected chi connectivity index (χ2v) is 7.18. The van der Waals surface area contributed by atoms with E-state index in [1.54, 1.807) is 12.1 Å². The molecule has 0 heterocycles. The summed E-state index contributed by atoms with van der Waals surface area (Å²) in [4.78, 5) is 26.6. The van der Waals surface area contributed by atoms with Crippen molar-refractivity contribution in [3.05, 3.63) is 71.5 Å². The van der Waals surface area contributed by atoms with Crippen molar-refractivity contribution in [1.29, 1.82) is 0 Å². The first-order chi connectivity index (χ1) is 13.0. The molecule has 1 saturated carbocycles. The molecule has 2 aromatic carbocycles. The molecule has 27 heavy (non-hydrogen) atoms. The molecule has 0 spiro atoms. The smallest absolute Gasteiger partial charge is 0.234 e. The quantitative estimate of drug-likeness (QED) is 0.740. The third-order valence-electron chi connectivity index (χ3n) is 4.82. The molecule has 0 aliphatic heterocycles. The Hall–Kier alpha value is -2.53. The van der Waals surface area contributed by atoms with Crippen molar-refractivity contribution in [2.75, 3.05) is 6.54 Å². The Morgan fingerprint density at radius 1 is 1.07 bits per heavy atom. The Morgan fingerprint density at radius 3 is 2.33 bits per heavy atom. The Morgan fingerprint density at radius 2 is 1.74 bits per heavy atom. The Labute approximate surface area is 159 Å². The lowest BCUT2D eigenvalue weighted by Gasteiger charge is -2.23. The highest BCUT2D eigenvalue weighted by Crippen LogP contribution is 2.28. The number of halogens is 1. The van der Waals surface area contributed by atoms with Gasteiger partial charge < -0.3 is 5.32 Å². The van der Waals surface area contributed by atoms with Crippen molar-refractivity contribution in [1.82, 2.24) is 10.2 Å². The van der Waals surface area contributed by atoms with Gasteiger partial charge in [-0.3, -0.25) is 14.5 Å². The summed E-state index contributed by atoms with van der Waals surface area (Å²) >= 11 is 0. The normalized spacial score (nSPS) is 14.8. The van der Waals surface area contributed by atoms with Crippen molar-refractivity contribution >= 4 is 11.7 Å². The molecule has 0 unspecified atom stereocenters. The van der Waals surface area contributed by atoms with E-state index in [2.05, 4.69) is 10.2 Å². The summed E-state index contributed by atoms with van der Waals surface area (Å²) in [5.41, 5.74) is 1.99. The predicted octanol–water partition coefficient (Wildman–Crippen LogP) is 3.11. The van der Waals surface area contributed by atoms with Gasteiger partial charge in [0, 0.05) is 12.6 Å². The van der Waals surface area contributed by atoms with Crippen LogP contribution in [0.15, 0.2) is 54.6 Å². The van der Waals surface area contributed by atoms with E-state index in [0.29, 0.717) is 19.0 Å². The topological polar surface area (TPSA) is 49.4 Å². The summed E-state index contributed by atoms with van der Waals surface area (Å²) in [5, 5.41) is 2.88. The molecule has 1 aliphatic rings. The van der Waals surface area contributed by atoms with Crippen LogP contribution in [-0.2, 0) is 22.6 Å². The monoisotopic (exact) mass is 368 g/mol. The van der Waals surface area contributed by atoms with Crippen LogP contribution < -0.4 is 5.32 Å². The van der Waals surface area contributed by atoms with Crippen LogP contribution in [0.1, 0.15) is 30.9 Å². The standard InChI is InChI=1S/C22H25FN2O2/c1-16(26)21(13-17-5-3-2-4-6-17)24-22(27)15-25(20-11-12-20)14-18-7-9-19(23)10-8-18/h2-10,20-21H,11-15H2,1H3,(H,24,27)/t21-/m1/s1. The second-order valence-electron chi connectivity index (χ2n) is 7.18. The summed E-state index contributed by atoms with van der Waals surface area (Å²) in [6.45, 7) is 2.34. The van der Waals surface area contributed by atoms with Crippen LogP contribution in [-0.4, -0.2) is 35.2 Å². The fourth-order valence-electron chi connectivity index (χ4n) is 3.15. The number of carbonyl (C=O) groups excluding carboxylic acids is 2. The average molecular weight is 368 g/mol. The lowest BCUT2D eigenvalue weighted by molar-refractivity contribution is -0.127. The SMILES string of the molecule is CC(=O)[C@@H](Cc1ccccc1)NC(=O)CN(Cc1ccc(F)cc1)C1CC1. The fraction of sp³-hybridized carbons (Fsp3) is 0.364. The van der Waals surface area contributed by atoms with Crippen LogP contribution in [0.2, 0.25) is 0 Å². The van der Waals surface area contributed by atoms with Gasteiger partial charge in [0.25, 0.3) is 0 Å². The summed E-state index contributed by atoms with van der Waals surface area (Å²) in [6, 6.07) is 15.9. The summed E-state index contributed by atoms with van der Waals surface area (Å²) in [5.74, 6) is -0.469. The lowest BCUT2D eigenvalue weighted by Crippen LogP contribution is -2.46. The highest BCUT2D eigenvalue weighted by Gasteiger charge is 2.31. The van der Waals surface area contributed by atoms with E-state index >= 15 is 0 Å². The Kier molecular flexibility index (Phi) is 6.35. The first-order valence-corrected chi connectivity index (χ1v) is 9.33. The second kappa shape index (κ2) is 8.91. The van der Waals surface area contributed by atoms with E-state index < -0.39 is 6.04 Å². The van der Waals surface area contributed by atoms with Crippen LogP contribution in [0.4, 0.5) is 4.39 Å². The number of nitrogens with zero attached hydrogens (tertiary/aromatic N) is 1. The Bertz CT molecular complexity index is 773. The molecule has 5 heteroatoms. The molecule has 4 nitrogen and oxygen atoms in total. The molecule has 1 atom stereocenters. The zero-order valence-corrected chi connectivity index (χ0v) is 15.5. The van der Waals surface area contributed by atoms with Gasteiger partial charge in [-0.15, -0.1) is 0 Å². The fourth-order valence-corrected chi connectivity index (χ4v) is 3.15. The van der Waals surface area contributed by atoms with E-state index in [4.69, 9.17) is 0 Å². The van der Waals surface area contributed by atoms with Gasteiger partial charge in [0.1, 0.15) is 5.82 Å². The highest BCUT2D eigenvalue weighted by atomic mass is 19.1. The molecule has 1 aliphatic carbocycles. The maximum atomic E-state index is 13.1. The van der Waals surface area contributed by atoms with Crippen molar-refractivity contribution in [2.45, 2.75) is 44.8 Å². The number of carbonyl (C=O) groups is 2. The van der Waals surface area contributed by atoms with Crippen molar-refractivity contribution < 1.29 is 14.0 Å². The van der Waals surface area contributed by atoms with Crippen LogP contribution in [0.3, 0.4) is 0 Å². The molecule has 0 bridgehead atoms. The number of hydrogen-bond acceptors (Lipinski definition) is 3. The molecule has 142 valence electrons. The van der Waals surface area contributed by atoms with E-state index in [1.807, 2.05) is 30.3 Å². The molecular formula is C22H25FN2O2. The summed E-state index contributed by atoms with van der Waals surface area (Å²) in [6.07, 6.45) is 2.62. The first-order valence-electron chi connectivity index (χ1n) is 9.33. The van der Waals surface area contributed by atoms with Gasteiger partial charge in [-0.1, -0.05) is 42.5 Å². The van der Waals surface area contributed by atoms with Gasteiger partial charge in [0.2, 0.25) is 5.91 Å². The van der Waals surface area contributed by atoms with Gasteiger partial charge in [-0.2, -0.15) is 0 Å². The summed E-state index contributed by atoms with van der Waals surface area (Å²) < 4.78 is 13.1. The third kappa shape index (κ3) is 6.00. The zero-order valence-electron chi connectivity index (χ0n) is 15.5. The molecule has 0 saturated heterocycles. The molecule has 0 aromatic heterocycles. The van der Waals surface area contributed by atoms with Crippen molar-refractivity contribution in [3.63, 3.8) is 0 Å². The van der Waals surface area contributed by atoms with Gasteiger partial charge in [0.05, 0.1) is 12.6 Å². The van der Waals surface area contributed by atoms with Gasteiger partial charge in [-0.25, -0.2) is 4.39 Å². The number of amides is 1. The van der Waals surface area contributed by atoms with E-state index in [0.717, 1.165) is 24.0 Å². The van der Waals surface area contributed by atoms with E-state index in [9.17, 15) is 14.0 Å². The number of Topliss-reactive ketones (excluding diaryl/α,β-unsaturated/α-hetero) is 1. The number of rotatable bonds is 9. The number of ketones is 1. The first kappa shape index (κ1) is 19.2. The number of hydrogen-bond donors (Lipinski definition) is 1. The molecule has 2 aromatic rings. The molecule has 0 radical (unpaired) electrons. The van der Waals surface area contributed by atoms with Crippen LogP contribution >= 0.6 is 0 Å². The van der Waals surface area contributed by atoms with Crippen molar-refractivity contribution in [2.24, 2.45) is 0 Å². The van der Waals surface area contributed by atoms with Gasteiger partial charge >= 0.3 is 0 Å². The van der Waals surface area contributed by atoms with Crippen LogP contribution in [0.5, 0.6) is 0 Å². The number of benzene rings is 2. The lowest BCUT2D eigenvalue weighted by atomic mass is 10.0. The number of nitrogens with one attached hydrogen (secondary N) is 1. The molecule has 1 N–H and O–H groups in total. The van der Waals surface area contributed by atoms with Crippen LogP contribution in [0.25, 0.3) is 0 Å². The maximum Gasteiger partial charge on any atom is 0.234 e. The van der Waals surface area contributed by atoms with E-state index in [1.165, 1.54) is 19.1 Å². The minimum Gasteiger partial charge on any atom is -0.345 e. The third-order valence-corrected chi connectivity index (χ3v) is 4.82. The predicted molar refractivity (Wildman–Crippen MR) is 103 cm³/mol. The minimum atomic E-state index is -0.522. The minimum absolute atomic E-state index is 0.0521. The molecular weight excluding hydrogens is 343 g/mol. The summed E-state index contributed by atoms with van der Waals surface area (Å²) in [7, 11) is 0. The van der Waals surface area contributed by atoms with Crippen molar-refractivity contribution in [3.8, 4) is 0 Å². The molecule has 1 fully saturated rings. The maximum absolute atomic E-state index is 13.1. The average Bonchev–Trinajstić information content (AvgIpc) is 3.48. The highest BCUT2D eigenvalue weighted by molar-refractivity contribution is 5.88. The van der Waals surface area contributed by atoms with Gasteiger partial charge in [0.15, 0.2) is 5.78 Å². The van der Waals surface area contributed by atoms with Gasteiger partial charge in [-0.05, 0) is 49.4 Å². The zero-order chi connectivity index (χ0) is 19.2. The molecule has 1 amide bonds. The largest absolute Gasteiger partial charge is 0.345 e. The van der Waals surface area contributed by atoms with Crippen LogP contribution in [0, 0.1) is 5.82 Å².